The summed E-state index contributed by atoms with van der Waals surface area (Å²) in [6, 6.07) is 13.3. The predicted octanol–water partition coefficient (Wildman–Crippen LogP) is 10.9. The summed E-state index contributed by atoms with van der Waals surface area (Å²) < 4.78 is 0. The first-order chi connectivity index (χ1) is 21.2. The minimum atomic E-state index is 0.181. The number of benzene rings is 9. The molecule has 0 heteroatoms. The van der Waals surface area contributed by atoms with Gasteiger partial charge in [-0.2, -0.15) is 0 Å². The van der Waals surface area contributed by atoms with Gasteiger partial charge in [0, 0.05) is 5.41 Å². The Kier molecular flexibility index (Phi) is 1.90. The molecule has 0 bridgehead atoms. The minimum absolute atomic E-state index is 0.181. The Balaban J connectivity index is 1.43. The van der Waals surface area contributed by atoms with Crippen LogP contribution in [0.3, 0.4) is 0 Å². The highest BCUT2D eigenvalue weighted by atomic mass is 14.6. The van der Waals surface area contributed by atoms with Gasteiger partial charge in [0.1, 0.15) is 0 Å². The quantitative estimate of drug-likeness (QED) is 0.134. The third kappa shape index (κ3) is 1.25. The summed E-state index contributed by atoms with van der Waals surface area (Å²) in [5.74, 6) is 0.558. The summed E-state index contributed by atoms with van der Waals surface area (Å²) in [7, 11) is 0. The third-order valence-corrected chi connectivity index (χ3v) is 14.7. The van der Waals surface area contributed by atoms with Crippen LogP contribution in [0, 0.1) is 0 Å². The molecule has 0 nitrogen and oxygen atoms in total. The van der Waals surface area contributed by atoms with Crippen LogP contribution in [0.1, 0.15) is 57.7 Å². The molecule has 0 saturated heterocycles. The van der Waals surface area contributed by atoms with E-state index in [1.807, 2.05) is 0 Å². The van der Waals surface area contributed by atoms with Gasteiger partial charge in [0.25, 0.3) is 0 Å². The van der Waals surface area contributed by atoms with Gasteiger partial charge >= 0.3 is 0 Å². The predicted molar refractivity (Wildman–Crippen MR) is 181 cm³/mol. The molecule has 190 valence electrons. The molecule has 0 radical (unpaired) electrons. The summed E-state index contributed by atoms with van der Waals surface area (Å²) in [5.41, 5.74) is 13.1. The Morgan fingerprint density at radius 1 is 0.442 bits per heavy atom. The first-order valence-electron chi connectivity index (χ1n) is 16.4. The van der Waals surface area contributed by atoms with Crippen molar-refractivity contribution in [3.63, 3.8) is 0 Å². The molecule has 2 unspecified atom stereocenters. The number of hydrogen-bond donors (Lipinski definition) is 0. The van der Waals surface area contributed by atoms with Gasteiger partial charge in [0.2, 0.25) is 0 Å². The van der Waals surface area contributed by atoms with E-state index < -0.39 is 0 Å². The molecular weight excluding hydrogens is 516 g/mol. The van der Waals surface area contributed by atoms with Crippen LogP contribution in [0.2, 0.25) is 0 Å². The van der Waals surface area contributed by atoms with E-state index in [4.69, 9.17) is 6.58 Å². The molecule has 2 atom stereocenters. The van der Waals surface area contributed by atoms with Gasteiger partial charge in [0.05, 0.1) is 0 Å². The lowest BCUT2D eigenvalue weighted by atomic mass is 9.64. The van der Waals surface area contributed by atoms with E-state index in [1.165, 1.54) is 29.2 Å². The fourth-order valence-electron chi connectivity index (χ4n) is 14.1. The maximum absolute atomic E-state index is 4.71. The number of allylic oxidation sites excluding steroid dienone is 1. The lowest BCUT2D eigenvalue weighted by molar-refractivity contribution is 0.407. The highest BCUT2D eigenvalue weighted by Gasteiger charge is 2.56. The summed E-state index contributed by atoms with van der Waals surface area (Å²) >= 11 is 0. The van der Waals surface area contributed by atoms with Crippen LogP contribution in [0.15, 0.2) is 42.5 Å². The van der Waals surface area contributed by atoms with Gasteiger partial charge in [-0.3, -0.25) is 0 Å². The molecule has 0 heterocycles. The van der Waals surface area contributed by atoms with Crippen LogP contribution in [0.4, 0.5) is 0 Å². The van der Waals surface area contributed by atoms with E-state index in [0.717, 1.165) is 19.3 Å². The molecule has 12 aromatic rings. The monoisotopic (exact) mass is 534 g/mol. The number of fused-ring (bicyclic) bond motifs is 1. The van der Waals surface area contributed by atoms with E-state index >= 15 is 0 Å². The molecule has 12 aromatic carbocycles. The van der Waals surface area contributed by atoms with E-state index in [9.17, 15) is 0 Å². The molecule has 1 fully saturated rings. The highest BCUT2D eigenvalue weighted by molar-refractivity contribution is 6.65. The molecule has 0 aromatic heterocycles. The van der Waals surface area contributed by atoms with Crippen LogP contribution in [0.25, 0.3) is 118 Å². The van der Waals surface area contributed by atoms with Crippen LogP contribution < -0.4 is 0 Å². The molecule has 1 spiro atoms. The van der Waals surface area contributed by atoms with Gasteiger partial charge in [-0.25, -0.2) is 0 Å². The Morgan fingerprint density at radius 3 is 1.51 bits per heavy atom. The number of rotatable bonds is 0. The van der Waals surface area contributed by atoms with E-state index in [0.29, 0.717) is 5.92 Å². The zero-order valence-corrected chi connectivity index (χ0v) is 23.2. The molecule has 17 rings (SSSR count). The van der Waals surface area contributed by atoms with Crippen molar-refractivity contribution in [3.05, 3.63) is 81.4 Å². The lowest BCUT2D eigenvalue weighted by Gasteiger charge is -2.37. The summed E-state index contributed by atoms with van der Waals surface area (Å²) in [6.45, 7) is 4.71. The maximum atomic E-state index is 4.71. The molecule has 43 heavy (non-hydrogen) atoms. The van der Waals surface area contributed by atoms with Crippen molar-refractivity contribution >= 4 is 118 Å². The average molecular weight is 535 g/mol. The van der Waals surface area contributed by atoms with Gasteiger partial charge in [-0.05, 0) is 195 Å². The van der Waals surface area contributed by atoms with Crippen molar-refractivity contribution < 1.29 is 0 Å². The van der Waals surface area contributed by atoms with Crippen molar-refractivity contribution in [2.24, 2.45) is 0 Å². The Morgan fingerprint density at radius 2 is 0.907 bits per heavy atom. The second-order valence-corrected chi connectivity index (χ2v) is 16.0. The topological polar surface area (TPSA) is 0 Å². The SMILES string of the molecule is C=C1CC2c3cc4c5c6c(cc7cc8c9c%10c(cc%11cc%12c%13c(c%14c3c5c3c%14c5c%13c%11c%10c5c5c9c7c6c35)C2(C1)C%12)C8)C4. The fraction of sp³-hybridized carbons (Fsp3) is 0.163. The molecule has 5 aliphatic rings. The second kappa shape index (κ2) is 4.52. The van der Waals surface area contributed by atoms with Crippen LogP contribution in [0.5, 0.6) is 0 Å². The van der Waals surface area contributed by atoms with Gasteiger partial charge in [0.15, 0.2) is 0 Å². The van der Waals surface area contributed by atoms with Crippen molar-refractivity contribution in [2.45, 2.75) is 43.4 Å². The molecule has 0 amide bonds. The third-order valence-electron chi connectivity index (χ3n) is 14.7. The van der Waals surface area contributed by atoms with E-state index in [1.54, 1.807) is 147 Å². The van der Waals surface area contributed by atoms with Crippen molar-refractivity contribution in [1.82, 2.24) is 0 Å². The standard InChI is InChI=1S/C43H18/c1-12-2-21-20-9-18-7-15-5-16-4-13-3-14-6-17-8-19-11-43(21,10-12)42-28(19)33-27(17)32-23(14)22(13)30-26(16)31-24(15)25(18)34-29(20)41(42)40-38(33)36(32)35(30)37(31)39(34)40/h4-6,8-9,21H,1-3,7,10-11H2. The molecule has 5 aliphatic carbocycles. The van der Waals surface area contributed by atoms with Gasteiger partial charge in [-0.15, -0.1) is 0 Å². The first kappa shape index (κ1) is 18.1. The van der Waals surface area contributed by atoms with Crippen LogP contribution in [-0.2, 0) is 24.7 Å². The first-order valence-corrected chi connectivity index (χ1v) is 16.4. The highest BCUT2D eigenvalue weighted by Crippen LogP contribution is 2.72. The van der Waals surface area contributed by atoms with Crippen molar-refractivity contribution in [3.8, 4) is 0 Å². The van der Waals surface area contributed by atoms with Crippen LogP contribution >= 0.6 is 0 Å². The number of hydrogen-bond acceptors (Lipinski definition) is 0. The minimum Gasteiger partial charge on any atom is -0.0998 e. The lowest BCUT2D eigenvalue weighted by Crippen LogP contribution is -2.31. The molecule has 1 saturated carbocycles. The second-order valence-electron chi connectivity index (χ2n) is 16.0. The van der Waals surface area contributed by atoms with Gasteiger partial charge < -0.3 is 0 Å². The van der Waals surface area contributed by atoms with E-state index in [-0.39, 0.29) is 5.41 Å². The van der Waals surface area contributed by atoms with Crippen molar-refractivity contribution in [2.75, 3.05) is 0 Å². The van der Waals surface area contributed by atoms with Crippen LogP contribution in [-0.4, -0.2) is 0 Å². The molecular formula is C43H18. The van der Waals surface area contributed by atoms with Crippen molar-refractivity contribution in [1.29, 1.82) is 0 Å². The summed E-state index contributed by atoms with van der Waals surface area (Å²) in [5, 5.41) is 35.7. The maximum Gasteiger partial charge on any atom is 0.0115 e. The largest absolute Gasteiger partial charge is 0.0998 e. The summed E-state index contributed by atoms with van der Waals surface area (Å²) in [6.07, 6.45) is 5.71. The Hall–Kier alpha value is -4.68. The zero-order chi connectivity index (χ0) is 26.5. The fourth-order valence-corrected chi connectivity index (χ4v) is 14.1. The average Bonchev–Trinajstić information content (AvgIpc) is 3.82. The summed E-state index contributed by atoms with van der Waals surface area (Å²) in [4.78, 5) is 0. The normalized spacial score (nSPS) is 23.7. The molecule has 0 N–H and O–H groups in total. The Bertz CT molecular complexity index is 3470. The van der Waals surface area contributed by atoms with E-state index in [2.05, 4.69) is 30.3 Å². The smallest absolute Gasteiger partial charge is 0.0115 e. The Labute approximate surface area is 242 Å². The van der Waals surface area contributed by atoms with Gasteiger partial charge in [-0.1, -0.05) is 42.5 Å². The molecule has 0 aliphatic heterocycles. The zero-order valence-electron chi connectivity index (χ0n) is 23.2.